The Balaban J connectivity index is 2.84. The molecule has 1 aromatic rings. The first-order valence-electron chi connectivity index (χ1n) is 5.53. The summed E-state index contributed by atoms with van der Waals surface area (Å²) < 4.78 is 0. The molecule has 1 rings (SSSR count). The van der Waals surface area contributed by atoms with Gasteiger partial charge in [-0.3, -0.25) is 0 Å². The summed E-state index contributed by atoms with van der Waals surface area (Å²) in [6.07, 6.45) is 0. The molecular formula is C13H22N2. The van der Waals surface area contributed by atoms with Crippen LogP contribution in [0, 0.1) is 12.8 Å². The van der Waals surface area contributed by atoms with Crippen LogP contribution in [0.3, 0.4) is 0 Å². The van der Waals surface area contributed by atoms with Crippen LogP contribution in [-0.2, 0) is 0 Å². The number of hydrogen-bond donors (Lipinski definition) is 2. The van der Waals surface area contributed by atoms with Crippen molar-refractivity contribution in [3.8, 4) is 0 Å². The summed E-state index contributed by atoms with van der Waals surface area (Å²) >= 11 is 0. The summed E-state index contributed by atoms with van der Waals surface area (Å²) in [5, 5.41) is 3.52. The normalized spacial score (nSPS) is 15.1. The lowest BCUT2D eigenvalue weighted by atomic mass is 9.88. The second-order valence-corrected chi connectivity index (χ2v) is 4.77. The summed E-state index contributed by atoms with van der Waals surface area (Å²) in [6, 6.07) is 8.40. The highest BCUT2D eigenvalue weighted by Gasteiger charge is 2.26. The summed E-state index contributed by atoms with van der Waals surface area (Å²) in [5.74, 6) is 0.503. The third-order valence-electron chi connectivity index (χ3n) is 3.15. The molecule has 0 fully saturated rings. The van der Waals surface area contributed by atoms with Crippen LogP contribution in [0.1, 0.15) is 26.3 Å². The van der Waals surface area contributed by atoms with Crippen molar-refractivity contribution in [3.63, 3.8) is 0 Å². The Bertz CT molecular complexity index is 320. The van der Waals surface area contributed by atoms with Gasteiger partial charge in [0.05, 0.1) is 0 Å². The maximum atomic E-state index is 5.83. The minimum atomic E-state index is -0.0339. The van der Waals surface area contributed by atoms with Gasteiger partial charge < -0.3 is 11.1 Å². The van der Waals surface area contributed by atoms with E-state index in [4.69, 9.17) is 5.73 Å². The molecule has 3 N–H and O–H groups in total. The number of hydrogen-bond acceptors (Lipinski definition) is 2. The predicted molar refractivity (Wildman–Crippen MR) is 67.1 cm³/mol. The van der Waals surface area contributed by atoms with Gasteiger partial charge in [-0.15, -0.1) is 0 Å². The molecule has 0 bridgehead atoms. The van der Waals surface area contributed by atoms with Gasteiger partial charge in [0.15, 0.2) is 0 Å². The van der Waals surface area contributed by atoms with E-state index < -0.39 is 0 Å². The Kier molecular flexibility index (Phi) is 3.75. The standard InChI is InChI=1S/C13H22N2/c1-10(2)13(4,9-14)15-12-7-5-6-11(3)8-12/h5-8,10,15H,9,14H2,1-4H3. The number of benzene rings is 1. The lowest BCUT2D eigenvalue weighted by Crippen LogP contribution is -2.47. The first-order chi connectivity index (χ1) is 6.98. The fraction of sp³-hybridized carbons (Fsp3) is 0.538. The van der Waals surface area contributed by atoms with E-state index in [9.17, 15) is 0 Å². The van der Waals surface area contributed by atoms with Gasteiger partial charge in [0.1, 0.15) is 0 Å². The highest BCUT2D eigenvalue weighted by molar-refractivity contribution is 5.47. The van der Waals surface area contributed by atoms with E-state index in [1.807, 2.05) is 0 Å². The molecule has 84 valence electrons. The largest absolute Gasteiger partial charge is 0.378 e. The van der Waals surface area contributed by atoms with Gasteiger partial charge in [0, 0.05) is 17.8 Å². The maximum Gasteiger partial charge on any atom is 0.0490 e. The van der Waals surface area contributed by atoms with Crippen molar-refractivity contribution in [2.45, 2.75) is 33.2 Å². The van der Waals surface area contributed by atoms with E-state index in [1.54, 1.807) is 0 Å². The summed E-state index contributed by atoms with van der Waals surface area (Å²) in [5.41, 5.74) is 8.21. The van der Waals surface area contributed by atoms with Crippen LogP contribution in [0.2, 0.25) is 0 Å². The van der Waals surface area contributed by atoms with Crippen molar-refractivity contribution < 1.29 is 0 Å². The minimum Gasteiger partial charge on any atom is -0.378 e. The molecule has 0 aliphatic carbocycles. The number of rotatable bonds is 4. The average molecular weight is 206 g/mol. The number of anilines is 1. The number of nitrogens with two attached hydrogens (primary N) is 1. The molecular weight excluding hydrogens is 184 g/mol. The Labute approximate surface area is 92.9 Å². The van der Waals surface area contributed by atoms with Crippen LogP contribution in [0.25, 0.3) is 0 Å². The summed E-state index contributed by atoms with van der Waals surface area (Å²) in [4.78, 5) is 0. The zero-order chi connectivity index (χ0) is 11.5. The first kappa shape index (κ1) is 12.1. The second kappa shape index (κ2) is 4.67. The van der Waals surface area contributed by atoms with E-state index in [0.29, 0.717) is 12.5 Å². The molecule has 15 heavy (non-hydrogen) atoms. The van der Waals surface area contributed by atoms with E-state index in [1.165, 1.54) is 5.56 Å². The molecule has 1 aromatic carbocycles. The van der Waals surface area contributed by atoms with Gasteiger partial charge in [-0.05, 0) is 37.5 Å². The zero-order valence-corrected chi connectivity index (χ0v) is 10.2. The molecule has 2 nitrogen and oxygen atoms in total. The molecule has 1 unspecified atom stereocenters. The van der Waals surface area contributed by atoms with Crippen LogP contribution < -0.4 is 11.1 Å². The van der Waals surface area contributed by atoms with Crippen LogP contribution >= 0.6 is 0 Å². The van der Waals surface area contributed by atoms with E-state index in [2.05, 4.69) is 57.3 Å². The van der Waals surface area contributed by atoms with Crippen molar-refractivity contribution in [3.05, 3.63) is 29.8 Å². The third-order valence-corrected chi connectivity index (χ3v) is 3.15. The molecule has 0 amide bonds. The third kappa shape index (κ3) is 2.96. The quantitative estimate of drug-likeness (QED) is 0.795. The number of nitrogens with one attached hydrogen (secondary N) is 1. The summed E-state index contributed by atoms with van der Waals surface area (Å²) in [7, 11) is 0. The Morgan fingerprint density at radius 2 is 2.07 bits per heavy atom. The molecule has 2 heteroatoms. The lowest BCUT2D eigenvalue weighted by molar-refractivity contribution is 0.382. The maximum absolute atomic E-state index is 5.83. The Hall–Kier alpha value is -1.02. The van der Waals surface area contributed by atoms with E-state index >= 15 is 0 Å². The van der Waals surface area contributed by atoms with Gasteiger partial charge in [-0.1, -0.05) is 26.0 Å². The first-order valence-corrected chi connectivity index (χ1v) is 5.53. The van der Waals surface area contributed by atoms with E-state index in [-0.39, 0.29) is 5.54 Å². The molecule has 0 aliphatic rings. The molecule has 0 aliphatic heterocycles. The van der Waals surface area contributed by atoms with Crippen LogP contribution in [0.15, 0.2) is 24.3 Å². The van der Waals surface area contributed by atoms with Gasteiger partial charge in [0.2, 0.25) is 0 Å². The molecule has 0 saturated carbocycles. The Morgan fingerprint density at radius 1 is 1.40 bits per heavy atom. The van der Waals surface area contributed by atoms with Gasteiger partial charge in [-0.2, -0.15) is 0 Å². The average Bonchev–Trinajstić information content (AvgIpc) is 2.17. The minimum absolute atomic E-state index is 0.0339. The topological polar surface area (TPSA) is 38.0 Å². The van der Waals surface area contributed by atoms with Gasteiger partial charge in [-0.25, -0.2) is 0 Å². The van der Waals surface area contributed by atoms with Crippen molar-refractivity contribution in [2.75, 3.05) is 11.9 Å². The Morgan fingerprint density at radius 3 is 2.53 bits per heavy atom. The van der Waals surface area contributed by atoms with Crippen LogP contribution in [0.5, 0.6) is 0 Å². The van der Waals surface area contributed by atoms with Crippen molar-refractivity contribution in [1.82, 2.24) is 0 Å². The molecule has 0 spiro atoms. The fourth-order valence-corrected chi connectivity index (χ4v) is 1.48. The van der Waals surface area contributed by atoms with Gasteiger partial charge in [0.25, 0.3) is 0 Å². The van der Waals surface area contributed by atoms with E-state index in [0.717, 1.165) is 5.69 Å². The van der Waals surface area contributed by atoms with Crippen molar-refractivity contribution in [1.29, 1.82) is 0 Å². The fourth-order valence-electron chi connectivity index (χ4n) is 1.48. The smallest absolute Gasteiger partial charge is 0.0490 e. The second-order valence-electron chi connectivity index (χ2n) is 4.77. The lowest BCUT2D eigenvalue weighted by Gasteiger charge is -2.34. The summed E-state index contributed by atoms with van der Waals surface area (Å²) in [6.45, 7) is 9.28. The molecule has 0 saturated heterocycles. The highest BCUT2D eigenvalue weighted by atomic mass is 15.0. The zero-order valence-electron chi connectivity index (χ0n) is 10.2. The monoisotopic (exact) mass is 206 g/mol. The highest BCUT2D eigenvalue weighted by Crippen LogP contribution is 2.22. The molecule has 0 radical (unpaired) electrons. The SMILES string of the molecule is Cc1cccc(NC(C)(CN)C(C)C)c1. The van der Waals surface area contributed by atoms with Gasteiger partial charge >= 0.3 is 0 Å². The predicted octanol–water partition coefficient (Wildman–Crippen LogP) is 2.78. The van der Waals surface area contributed by atoms with Crippen LogP contribution in [-0.4, -0.2) is 12.1 Å². The van der Waals surface area contributed by atoms with Crippen molar-refractivity contribution >= 4 is 5.69 Å². The molecule has 0 aromatic heterocycles. The van der Waals surface area contributed by atoms with Crippen LogP contribution in [0.4, 0.5) is 5.69 Å². The van der Waals surface area contributed by atoms with Crippen molar-refractivity contribution in [2.24, 2.45) is 11.7 Å². The molecule has 1 atom stereocenters. The number of aryl methyl sites for hydroxylation is 1. The molecule has 0 heterocycles.